The number of hydrogen-bond donors (Lipinski definition) is 2. The Balaban J connectivity index is 1.03. The van der Waals surface area contributed by atoms with Gasteiger partial charge >= 0.3 is 18.2 Å². The summed E-state index contributed by atoms with van der Waals surface area (Å²) in [6.07, 6.45) is 9.53. The standard InChI is InChI=1S/C66H85N9O15/c1-38-27-45(89-65(67)79)29-60(78)90-58(30-57(82-9)39(2)23-24-55(77)42(5)61(83-10)40(3)25-26-74(7)37-76)43(6)56(81-8)21-16-22-59-69-52(35-85-59)63-71-53(36-87-63)64-70-51(34-86-64)62(84-11)41(4)54(28-38)75-32-44(72-73-75)31-68-66(80)88-33-50-48-19-14-12-17-46(48)47-18-13-15-20-49(47)50/h12-20,22,25-26,32,34-43,45,50,54,56-58,61-62H,21,23-24,27-31,33H2,1-11H3,(H2,67,79)(H,68,80)/b22-16-,26-25+/t38-,39-,40+,41-,42-,43+,45?,54+,56-,57+,58-,61+,62+/m0/s1. The van der Waals surface area contributed by atoms with E-state index in [1.54, 1.807) is 58.6 Å². The summed E-state index contributed by atoms with van der Waals surface area (Å²) in [6.45, 7) is 11.7. The molecule has 0 spiro atoms. The van der Waals surface area contributed by atoms with Crippen molar-refractivity contribution in [2.24, 2.45) is 41.2 Å². The number of alkyl carbamates (subject to hydrolysis) is 1. The molecule has 3 amide bonds. The highest BCUT2D eigenvalue weighted by atomic mass is 16.6. The number of Topliss-reactive ketones (excluding diaryl/α,β-unsaturated/α-hetero) is 1. The van der Waals surface area contributed by atoms with Crippen LogP contribution in [0.15, 0.2) is 105 Å². The van der Waals surface area contributed by atoms with Crippen LogP contribution in [-0.2, 0) is 54.1 Å². The molecule has 24 heteroatoms. The Kier molecular flexibility index (Phi) is 24.0. The molecule has 0 saturated heterocycles. The quantitative estimate of drug-likeness (QED) is 0.0362. The van der Waals surface area contributed by atoms with Gasteiger partial charge in [-0.15, -0.1) is 5.10 Å². The fraction of sp³-hybridized carbons (Fsp3) is 0.515. The minimum absolute atomic E-state index is 0.000822. The summed E-state index contributed by atoms with van der Waals surface area (Å²) < 4.78 is 61.5. The fourth-order valence-electron chi connectivity index (χ4n) is 12.4. The number of ether oxygens (including phenoxy) is 7. The predicted molar refractivity (Wildman–Crippen MR) is 329 cm³/mol. The first-order chi connectivity index (χ1) is 43.3. The van der Waals surface area contributed by atoms with Crippen LogP contribution in [0, 0.1) is 35.5 Å². The largest absolute Gasteiger partial charge is 0.462 e. The van der Waals surface area contributed by atoms with E-state index in [0.717, 1.165) is 22.3 Å². The van der Waals surface area contributed by atoms with Crippen LogP contribution in [0.5, 0.6) is 0 Å². The predicted octanol–water partition coefficient (Wildman–Crippen LogP) is 10.7. The van der Waals surface area contributed by atoms with Crippen LogP contribution in [0.25, 0.3) is 40.4 Å². The lowest BCUT2D eigenvalue weighted by Gasteiger charge is -2.34. The number of esters is 1. The lowest BCUT2D eigenvalue weighted by Crippen LogP contribution is -2.39. The van der Waals surface area contributed by atoms with Crippen molar-refractivity contribution >= 4 is 36.4 Å². The van der Waals surface area contributed by atoms with E-state index >= 15 is 0 Å². The number of aromatic nitrogens is 6. The molecule has 0 saturated carbocycles. The van der Waals surface area contributed by atoms with Crippen molar-refractivity contribution in [3.8, 4) is 34.3 Å². The number of oxazole rings is 3. The van der Waals surface area contributed by atoms with Gasteiger partial charge in [-0.05, 0) is 65.8 Å². The van der Waals surface area contributed by atoms with E-state index in [-0.39, 0.29) is 86.0 Å². The van der Waals surface area contributed by atoms with Crippen LogP contribution in [0.2, 0.25) is 0 Å². The normalized spacial score (nSPS) is 22.9. The van der Waals surface area contributed by atoms with Gasteiger partial charge < -0.3 is 62.4 Å². The molecule has 4 aromatic heterocycles. The molecule has 0 fully saturated rings. The van der Waals surface area contributed by atoms with E-state index in [4.69, 9.17) is 57.1 Å². The summed E-state index contributed by atoms with van der Waals surface area (Å²) in [5.41, 5.74) is 11.6. The van der Waals surface area contributed by atoms with E-state index < -0.39 is 78.6 Å². The van der Waals surface area contributed by atoms with Crippen molar-refractivity contribution in [2.45, 2.75) is 142 Å². The van der Waals surface area contributed by atoms with Crippen molar-refractivity contribution in [3.63, 3.8) is 0 Å². The van der Waals surface area contributed by atoms with Crippen molar-refractivity contribution in [3.05, 3.63) is 120 Å². The number of cyclic esters (lactones) is 1. The van der Waals surface area contributed by atoms with Crippen LogP contribution >= 0.6 is 0 Å². The van der Waals surface area contributed by atoms with Crippen molar-refractivity contribution in [2.75, 3.05) is 42.1 Å². The van der Waals surface area contributed by atoms with Crippen LogP contribution in [0.3, 0.4) is 0 Å². The van der Waals surface area contributed by atoms with Gasteiger partial charge in [0.1, 0.15) is 60.9 Å². The van der Waals surface area contributed by atoms with Gasteiger partial charge in [-0.2, -0.15) is 0 Å². The van der Waals surface area contributed by atoms with Crippen LogP contribution in [0.4, 0.5) is 9.59 Å². The number of fused-ring (bicyclic) bond motifs is 11. The zero-order valence-corrected chi connectivity index (χ0v) is 53.1. The second-order valence-corrected chi connectivity index (χ2v) is 23.7. The molecule has 0 radical (unpaired) electrons. The molecule has 2 aromatic carbocycles. The van der Waals surface area contributed by atoms with Gasteiger partial charge in [0, 0.05) is 84.1 Å². The number of amides is 3. The molecule has 6 bridgehead atoms. The lowest BCUT2D eigenvalue weighted by molar-refractivity contribution is -0.160. The molecule has 484 valence electrons. The highest BCUT2D eigenvalue weighted by Crippen LogP contribution is 2.45. The molecule has 1 aliphatic carbocycles. The van der Waals surface area contributed by atoms with E-state index in [2.05, 4.69) is 49.9 Å². The Hall–Kier alpha value is -8.32. The average Bonchev–Trinajstić information content (AvgIpc) is 1.78. The number of benzene rings is 2. The highest BCUT2D eigenvalue weighted by Gasteiger charge is 2.38. The lowest BCUT2D eigenvalue weighted by atomic mass is 9.84. The molecule has 3 N–H and O–H groups in total. The molecule has 1 unspecified atom stereocenters. The summed E-state index contributed by atoms with van der Waals surface area (Å²) >= 11 is 0. The van der Waals surface area contributed by atoms with Crippen molar-refractivity contribution < 1.29 is 70.4 Å². The first-order valence-corrected chi connectivity index (χ1v) is 30.5. The van der Waals surface area contributed by atoms with E-state index in [9.17, 15) is 24.0 Å². The third-order valence-corrected chi connectivity index (χ3v) is 17.5. The zero-order valence-electron chi connectivity index (χ0n) is 53.1. The number of primary amides is 1. The Bertz CT molecular complexity index is 3340. The topological polar surface area (TPSA) is 300 Å². The number of rotatable bonds is 22. The first kappa shape index (κ1) is 67.6. The first-order valence-electron chi connectivity index (χ1n) is 30.5. The molecule has 24 nitrogen and oxygen atoms in total. The van der Waals surface area contributed by atoms with Gasteiger partial charge in [-0.1, -0.05) is 107 Å². The highest BCUT2D eigenvalue weighted by molar-refractivity contribution is 5.81. The third-order valence-electron chi connectivity index (χ3n) is 17.5. The number of nitrogens with zero attached hydrogens (tertiary/aromatic N) is 7. The minimum atomic E-state index is -1.07. The van der Waals surface area contributed by atoms with E-state index in [1.165, 1.54) is 23.7 Å². The van der Waals surface area contributed by atoms with Crippen molar-refractivity contribution in [1.29, 1.82) is 0 Å². The number of methoxy groups -OCH3 is 4. The Labute approximate surface area is 524 Å². The number of nitrogens with one attached hydrogen (secondary N) is 1. The maximum atomic E-state index is 14.5. The summed E-state index contributed by atoms with van der Waals surface area (Å²) in [7, 11) is 7.91. The molecule has 8 rings (SSSR count). The van der Waals surface area contributed by atoms with E-state index in [1.807, 2.05) is 78.0 Å². The van der Waals surface area contributed by atoms with Gasteiger partial charge in [0.05, 0.1) is 43.5 Å². The summed E-state index contributed by atoms with van der Waals surface area (Å²) in [4.78, 5) is 80.9. The van der Waals surface area contributed by atoms with Gasteiger partial charge in [-0.25, -0.2) is 29.2 Å². The number of carbonyl (C=O) groups is 5. The third kappa shape index (κ3) is 17.1. The Morgan fingerprint density at radius 3 is 2.23 bits per heavy atom. The maximum Gasteiger partial charge on any atom is 0.407 e. The maximum absolute atomic E-state index is 14.5. The summed E-state index contributed by atoms with van der Waals surface area (Å²) in [6, 6.07) is 15.7. The van der Waals surface area contributed by atoms with Gasteiger partial charge in [-0.3, -0.25) is 14.4 Å². The monoisotopic (exact) mass is 1240 g/mol. The second kappa shape index (κ2) is 31.9. The zero-order chi connectivity index (χ0) is 64.6. The minimum Gasteiger partial charge on any atom is -0.462 e. The van der Waals surface area contributed by atoms with E-state index in [0.29, 0.717) is 48.4 Å². The molecule has 13 atom stereocenters. The Morgan fingerprint density at radius 1 is 0.867 bits per heavy atom. The molecular formula is C66H85N9O15. The van der Waals surface area contributed by atoms with Crippen LogP contribution < -0.4 is 11.1 Å². The number of ketones is 1. The SMILES string of the molecule is CO[C@H]([C@H](C)/C=C/N(C)C=O)[C@@H](C)C(=O)CC[C@H](C)[C@@H](C[C@@H]1OC(=O)CC(OC(N)=O)C[C@H](C)C[C@@H](n2cc(CNC(=O)OCC3c4ccccc4-c4ccccc43)nn2)[C@H](C)[C@@H](OC)c2coc(n2)-c2coc(n2)-c2coc(n2)/C=C\C[C@H](OC)[C@H]1C)OC. The van der Waals surface area contributed by atoms with Gasteiger partial charge in [0.2, 0.25) is 24.1 Å². The second-order valence-electron chi connectivity index (χ2n) is 23.7. The fourth-order valence-corrected chi connectivity index (χ4v) is 12.4. The molecule has 2 aliphatic rings. The smallest absolute Gasteiger partial charge is 0.407 e. The molecule has 5 heterocycles. The molecular weight excluding hydrogens is 1160 g/mol. The Morgan fingerprint density at radius 2 is 1.56 bits per heavy atom. The van der Waals surface area contributed by atoms with Crippen LogP contribution in [0.1, 0.15) is 133 Å². The number of nitrogens with two attached hydrogens (primary N) is 1. The number of hydrogen-bond acceptors (Lipinski definition) is 20. The molecule has 90 heavy (non-hydrogen) atoms. The van der Waals surface area contributed by atoms with Gasteiger partial charge in [0.15, 0.2) is 11.4 Å². The van der Waals surface area contributed by atoms with Crippen LogP contribution in [-0.4, -0.2) is 138 Å². The molecule has 1 aliphatic heterocycles. The van der Waals surface area contributed by atoms with Crippen molar-refractivity contribution in [1.82, 2.24) is 40.2 Å². The van der Waals surface area contributed by atoms with Gasteiger partial charge in [0.25, 0.3) is 0 Å². The summed E-state index contributed by atoms with van der Waals surface area (Å²) in [5, 5.41) is 11.9. The molecule has 6 aromatic rings. The average molecular weight is 1240 g/mol. The summed E-state index contributed by atoms with van der Waals surface area (Å²) in [5.74, 6) is -2.16. The number of carbonyl (C=O) groups excluding carboxylic acids is 5.